The minimum absolute atomic E-state index is 0.0193. The van der Waals surface area contributed by atoms with E-state index in [9.17, 15) is 4.79 Å². The van der Waals surface area contributed by atoms with Gasteiger partial charge in [0, 0.05) is 35.9 Å². The molecule has 3 nitrogen and oxygen atoms in total. The maximum Gasteiger partial charge on any atom is 0.251 e. The second kappa shape index (κ2) is 8.20. The number of carbonyl (C=O) groups excluding carboxylic acids is 1. The average Bonchev–Trinajstić information content (AvgIpc) is 2.64. The summed E-state index contributed by atoms with van der Waals surface area (Å²) in [5.41, 5.74) is 3.10. The first-order valence-electron chi connectivity index (χ1n) is 8.60. The number of benzene rings is 2. The number of rotatable bonds is 5. The first-order valence-corrected chi connectivity index (χ1v) is 8.98. The zero-order valence-electron chi connectivity index (χ0n) is 13.8. The fourth-order valence-corrected chi connectivity index (χ4v) is 3.18. The molecule has 1 heterocycles. The predicted octanol–water partition coefficient (Wildman–Crippen LogP) is 4.30. The molecule has 0 unspecified atom stereocenters. The van der Waals surface area contributed by atoms with E-state index in [0.29, 0.717) is 12.1 Å². The summed E-state index contributed by atoms with van der Waals surface area (Å²) < 4.78 is 0. The van der Waals surface area contributed by atoms with Crippen LogP contribution in [0.3, 0.4) is 0 Å². The lowest BCUT2D eigenvalue weighted by atomic mass is 10.1. The van der Waals surface area contributed by atoms with Crippen molar-refractivity contribution in [1.29, 1.82) is 0 Å². The maximum absolute atomic E-state index is 12.2. The summed E-state index contributed by atoms with van der Waals surface area (Å²) in [6, 6.07) is 15.7. The van der Waals surface area contributed by atoms with Crippen LogP contribution < -0.4 is 10.2 Å². The molecule has 0 aliphatic carbocycles. The Balaban J connectivity index is 1.50. The largest absolute Gasteiger partial charge is 0.372 e. The lowest BCUT2D eigenvalue weighted by Gasteiger charge is -2.28. The van der Waals surface area contributed by atoms with Crippen LogP contribution in [-0.2, 0) is 6.42 Å². The number of anilines is 1. The van der Waals surface area contributed by atoms with E-state index < -0.39 is 0 Å². The van der Waals surface area contributed by atoms with Gasteiger partial charge in [-0.2, -0.15) is 0 Å². The van der Waals surface area contributed by atoms with Crippen molar-refractivity contribution in [1.82, 2.24) is 5.32 Å². The van der Waals surface area contributed by atoms with Gasteiger partial charge in [-0.15, -0.1) is 0 Å². The third-order valence-electron chi connectivity index (χ3n) is 4.46. The molecule has 24 heavy (non-hydrogen) atoms. The Bertz CT molecular complexity index is 661. The highest BCUT2D eigenvalue weighted by Gasteiger charge is 2.11. The van der Waals surface area contributed by atoms with Gasteiger partial charge in [-0.05, 0) is 67.6 Å². The number of carbonyl (C=O) groups is 1. The molecule has 0 aromatic heterocycles. The monoisotopic (exact) mass is 342 g/mol. The molecule has 0 radical (unpaired) electrons. The number of amides is 1. The molecular weight excluding hydrogens is 320 g/mol. The van der Waals surface area contributed by atoms with Crippen molar-refractivity contribution < 1.29 is 4.79 Å². The zero-order valence-corrected chi connectivity index (χ0v) is 14.6. The summed E-state index contributed by atoms with van der Waals surface area (Å²) in [6.45, 7) is 2.85. The van der Waals surface area contributed by atoms with Gasteiger partial charge in [-0.25, -0.2) is 0 Å². The van der Waals surface area contributed by atoms with Crippen molar-refractivity contribution in [2.45, 2.75) is 25.7 Å². The molecule has 2 aromatic rings. The molecule has 0 atom stereocenters. The van der Waals surface area contributed by atoms with E-state index >= 15 is 0 Å². The minimum Gasteiger partial charge on any atom is -0.372 e. The summed E-state index contributed by atoms with van der Waals surface area (Å²) in [5, 5.41) is 3.71. The van der Waals surface area contributed by atoms with Crippen LogP contribution in [0.25, 0.3) is 0 Å². The van der Waals surface area contributed by atoms with E-state index in [1.54, 1.807) is 0 Å². The highest BCUT2D eigenvalue weighted by Crippen LogP contribution is 2.20. The van der Waals surface area contributed by atoms with Crippen LogP contribution in [0.5, 0.6) is 0 Å². The topological polar surface area (TPSA) is 32.3 Å². The van der Waals surface area contributed by atoms with Gasteiger partial charge in [0.2, 0.25) is 0 Å². The lowest BCUT2D eigenvalue weighted by molar-refractivity contribution is 0.0954. The number of halogens is 1. The van der Waals surface area contributed by atoms with Crippen molar-refractivity contribution in [3.8, 4) is 0 Å². The summed E-state index contributed by atoms with van der Waals surface area (Å²) in [4.78, 5) is 14.6. The van der Waals surface area contributed by atoms with Gasteiger partial charge in [0.25, 0.3) is 5.91 Å². The van der Waals surface area contributed by atoms with Crippen molar-refractivity contribution in [3.63, 3.8) is 0 Å². The molecule has 0 bridgehead atoms. The van der Waals surface area contributed by atoms with Gasteiger partial charge in [-0.3, -0.25) is 4.79 Å². The van der Waals surface area contributed by atoms with E-state index in [4.69, 9.17) is 11.6 Å². The van der Waals surface area contributed by atoms with E-state index in [1.165, 1.54) is 30.5 Å². The quantitative estimate of drug-likeness (QED) is 0.878. The lowest BCUT2D eigenvalue weighted by Crippen LogP contribution is -2.29. The fraction of sp³-hybridized carbons (Fsp3) is 0.350. The van der Waals surface area contributed by atoms with E-state index in [2.05, 4.69) is 22.3 Å². The maximum atomic E-state index is 12.2. The van der Waals surface area contributed by atoms with E-state index in [0.717, 1.165) is 24.5 Å². The van der Waals surface area contributed by atoms with Crippen LogP contribution >= 0.6 is 11.6 Å². The Morgan fingerprint density at radius 3 is 2.29 bits per heavy atom. The van der Waals surface area contributed by atoms with Crippen LogP contribution in [0.2, 0.25) is 5.02 Å². The summed E-state index contributed by atoms with van der Waals surface area (Å²) in [6.07, 6.45) is 4.64. The van der Waals surface area contributed by atoms with Gasteiger partial charge in [0.05, 0.1) is 0 Å². The first-order chi connectivity index (χ1) is 11.7. The SMILES string of the molecule is O=C(NCCc1ccc(Cl)cc1)c1ccc(N2CCCCC2)cc1. The van der Waals surface area contributed by atoms with Crippen LogP contribution in [0.1, 0.15) is 35.2 Å². The molecule has 2 aromatic carbocycles. The second-order valence-electron chi connectivity index (χ2n) is 6.23. The van der Waals surface area contributed by atoms with Crippen LogP contribution in [-0.4, -0.2) is 25.5 Å². The van der Waals surface area contributed by atoms with Crippen molar-refractivity contribution in [2.75, 3.05) is 24.5 Å². The average molecular weight is 343 g/mol. The second-order valence-corrected chi connectivity index (χ2v) is 6.66. The molecule has 0 saturated carbocycles. The van der Waals surface area contributed by atoms with Crippen LogP contribution in [0.4, 0.5) is 5.69 Å². The first kappa shape index (κ1) is 16.8. The van der Waals surface area contributed by atoms with Crippen molar-refractivity contribution in [3.05, 3.63) is 64.7 Å². The molecule has 1 amide bonds. The number of hydrogen-bond donors (Lipinski definition) is 1. The Morgan fingerprint density at radius 2 is 1.62 bits per heavy atom. The normalized spacial score (nSPS) is 14.5. The Morgan fingerprint density at radius 1 is 0.958 bits per heavy atom. The molecule has 1 N–H and O–H groups in total. The molecule has 4 heteroatoms. The fourth-order valence-electron chi connectivity index (χ4n) is 3.05. The smallest absolute Gasteiger partial charge is 0.251 e. The molecular formula is C20H23ClN2O. The Labute approximate surface area is 148 Å². The molecule has 1 saturated heterocycles. The zero-order chi connectivity index (χ0) is 16.8. The Hall–Kier alpha value is -2.00. The van der Waals surface area contributed by atoms with Crippen LogP contribution in [0, 0.1) is 0 Å². The van der Waals surface area contributed by atoms with Gasteiger partial charge >= 0.3 is 0 Å². The predicted molar refractivity (Wildman–Crippen MR) is 100.0 cm³/mol. The minimum atomic E-state index is -0.0193. The van der Waals surface area contributed by atoms with Crippen LogP contribution in [0.15, 0.2) is 48.5 Å². The highest BCUT2D eigenvalue weighted by molar-refractivity contribution is 6.30. The number of hydrogen-bond acceptors (Lipinski definition) is 2. The van der Waals surface area contributed by atoms with Crippen molar-refractivity contribution >= 4 is 23.2 Å². The summed E-state index contributed by atoms with van der Waals surface area (Å²) >= 11 is 5.87. The molecule has 1 aliphatic rings. The standard InChI is InChI=1S/C20H23ClN2O/c21-18-8-4-16(5-9-18)12-13-22-20(24)17-6-10-19(11-7-17)23-14-2-1-3-15-23/h4-11H,1-3,12-15H2,(H,22,24). The number of piperidine rings is 1. The molecule has 126 valence electrons. The van der Waals surface area contributed by atoms with Gasteiger partial charge in [-0.1, -0.05) is 23.7 Å². The number of nitrogens with one attached hydrogen (secondary N) is 1. The van der Waals surface area contributed by atoms with Crippen molar-refractivity contribution in [2.24, 2.45) is 0 Å². The van der Waals surface area contributed by atoms with Gasteiger partial charge in [0.1, 0.15) is 0 Å². The summed E-state index contributed by atoms with van der Waals surface area (Å²) in [7, 11) is 0. The number of nitrogens with zero attached hydrogens (tertiary/aromatic N) is 1. The Kier molecular flexibility index (Phi) is 5.76. The molecule has 3 rings (SSSR count). The van der Waals surface area contributed by atoms with E-state index in [-0.39, 0.29) is 5.91 Å². The van der Waals surface area contributed by atoms with E-state index in [1.807, 2.05) is 36.4 Å². The van der Waals surface area contributed by atoms with Gasteiger partial charge < -0.3 is 10.2 Å². The third kappa shape index (κ3) is 4.51. The molecule has 0 spiro atoms. The third-order valence-corrected chi connectivity index (χ3v) is 4.72. The molecule has 1 aliphatic heterocycles. The molecule has 1 fully saturated rings. The highest BCUT2D eigenvalue weighted by atomic mass is 35.5. The summed E-state index contributed by atoms with van der Waals surface area (Å²) in [5.74, 6) is -0.0193. The van der Waals surface area contributed by atoms with Gasteiger partial charge in [0.15, 0.2) is 0 Å².